The van der Waals surface area contributed by atoms with E-state index >= 15 is 0 Å². The minimum atomic E-state index is 0.431. The van der Waals surface area contributed by atoms with Crippen molar-refractivity contribution in [3.05, 3.63) is 0 Å². The maximum atomic E-state index is 5.44. The molecule has 1 aliphatic rings. The largest absolute Gasteiger partial charge is 0.379 e. The van der Waals surface area contributed by atoms with Gasteiger partial charge in [-0.1, -0.05) is 39.0 Å². The number of unbranched alkanes of at least 4 members (excludes halogenated alkanes) is 5. The van der Waals surface area contributed by atoms with Crippen LogP contribution in [0.3, 0.4) is 0 Å². The van der Waals surface area contributed by atoms with Gasteiger partial charge in [-0.2, -0.15) is 0 Å². The fourth-order valence-corrected chi connectivity index (χ4v) is 1.36. The Labute approximate surface area is 81.6 Å². The molecule has 0 amide bonds. The molecule has 0 bridgehead atoms. The predicted molar refractivity (Wildman–Crippen MR) is 53.9 cm³/mol. The number of epoxide rings is 1. The quantitative estimate of drug-likeness (QED) is 0.408. The van der Waals surface area contributed by atoms with Crippen LogP contribution >= 0.6 is 0 Å². The zero-order valence-corrected chi connectivity index (χ0v) is 8.76. The van der Waals surface area contributed by atoms with E-state index in [2.05, 4.69) is 6.92 Å². The zero-order chi connectivity index (χ0) is 9.36. The summed E-state index contributed by atoms with van der Waals surface area (Å²) >= 11 is 0. The SMILES string of the molecule is CCCCCCCCOC[C@H]1CO1. The number of hydrogen-bond acceptors (Lipinski definition) is 2. The second kappa shape index (κ2) is 7.34. The van der Waals surface area contributed by atoms with Crippen LogP contribution in [0.15, 0.2) is 0 Å². The number of hydrogen-bond donors (Lipinski definition) is 0. The van der Waals surface area contributed by atoms with Gasteiger partial charge in [0.1, 0.15) is 6.10 Å². The van der Waals surface area contributed by atoms with Crippen LogP contribution in [0, 0.1) is 0 Å². The molecule has 1 aliphatic heterocycles. The molecule has 0 saturated carbocycles. The Hall–Kier alpha value is -0.0800. The van der Waals surface area contributed by atoms with Crippen LogP contribution in [-0.2, 0) is 9.47 Å². The molecule has 0 unspecified atom stereocenters. The molecule has 1 atom stereocenters. The number of ether oxygens (including phenoxy) is 2. The molecule has 0 aromatic carbocycles. The highest BCUT2D eigenvalue weighted by Crippen LogP contribution is 2.09. The molecular formula is C11H22O2. The van der Waals surface area contributed by atoms with Crippen molar-refractivity contribution in [3.8, 4) is 0 Å². The van der Waals surface area contributed by atoms with Crippen molar-refractivity contribution in [2.24, 2.45) is 0 Å². The van der Waals surface area contributed by atoms with Crippen molar-refractivity contribution in [1.29, 1.82) is 0 Å². The monoisotopic (exact) mass is 186 g/mol. The van der Waals surface area contributed by atoms with Crippen LogP contribution < -0.4 is 0 Å². The normalized spacial score (nSPS) is 20.5. The van der Waals surface area contributed by atoms with E-state index in [0.717, 1.165) is 19.8 Å². The van der Waals surface area contributed by atoms with Crippen LogP contribution in [0.5, 0.6) is 0 Å². The Morgan fingerprint density at radius 3 is 2.54 bits per heavy atom. The molecule has 1 rings (SSSR count). The lowest BCUT2D eigenvalue weighted by Gasteiger charge is -2.01. The van der Waals surface area contributed by atoms with Crippen LogP contribution in [0.2, 0.25) is 0 Å². The van der Waals surface area contributed by atoms with Gasteiger partial charge in [0.15, 0.2) is 0 Å². The summed E-state index contributed by atoms with van der Waals surface area (Å²) in [5.74, 6) is 0. The second-order valence-corrected chi connectivity index (χ2v) is 3.80. The lowest BCUT2D eigenvalue weighted by molar-refractivity contribution is 0.113. The molecule has 1 saturated heterocycles. The summed E-state index contributed by atoms with van der Waals surface area (Å²) < 4.78 is 10.5. The van der Waals surface area contributed by atoms with Crippen LogP contribution in [-0.4, -0.2) is 25.9 Å². The van der Waals surface area contributed by atoms with Gasteiger partial charge >= 0.3 is 0 Å². The third kappa shape index (κ3) is 7.03. The molecule has 0 aliphatic carbocycles. The molecule has 2 nitrogen and oxygen atoms in total. The maximum absolute atomic E-state index is 5.44. The highest BCUT2D eigenvalue weighted by atomic mass is 16.6. The van der Waals surface area contributed by atoms with E-state index in [9.17, 15) is 0 Å². The zero-order valence-electron chi connectivity index (χ0n) is 8.76. The summed E-state index contributed by atoms with van der Waals surface area (Å²) in [6, 6.07) is 0. The van der Waals surface area contributed by atoms with Crippen LogP contribution in [0.4, 0.5) is 0 Å². The minimum Gasteiger partial charge on any atom is -0.379 e. The lowest BCUT2D eigenvalue weighted by Crippen LogP contribution is -2.02. The average Bonchev–Trinajstić information content (AvgIpc) is 2.93. The topological polar surface area (TPSA) is 21.8 Å². The number of rotatable bonds is 9. The molecule has 13 heavy (non-hydrogen) atoms. The van der Waals surface area contributed by atoms with Gasteiger partial charge in [-0.05, 0) is 6.42 Å². The molecule has 0 aromatic rings. The van der Waals surface area contributed by atoms with Gasteiger partial charge in [0.25, 0.3) is 0 Å². The van der Waals surface area contributed by atoms with Crippen molar-refractivity contribution in [2.45, 2.75) is 51.6 Å². The average molecular weight is 186 g/mol. The summed E-state index contributed by atoms with van der Waals surface area (Å²) in [6.07, 6.45) is 8.45. The standard InChI is InChI=1S/C11H22O2/c1-2-3-4-5-6-7-8-12-9-11-10-13-11/h11H,2-10H2,1H3/t11-/m0/s1. The lowest BCUT2D eigenvalue weighted by atomic mass is 10.1. The Morgan fingerprint density at radius 2 is 1.85 bits per heavy atom. The van der Waals surface area contributed by atoms with Crippen molar-refractivity contribution in [1.82, 2.24) is 0 Å². The van der Waals surface area contributed by atoms with E-state index in [1.165, 1.54) is 38.5 Å². The van der Waals surface area contributed by atoms with Gasteiger partial charge in [-0.3, -0.25) is 0 Å². The van der Waals surface area contributed by atoms with Crippen molar-refractivity contribution >= 4 is 0 Å². The maximum Gasteiger partial charge on any atom is 0.104 e. The van der Waals surface area contributed by atoms with Gasteiger partial charge < -0.3 is 9.47 Å². The van der Waals surface area contributed by atoms with E-state index in [4.69, 9.17) is 9.47 Å². The Bertz CT molecular complexity index is 111. The predicted octanol–water partition coefficient (Wildman–Crippen LogP) is 2.76. The highest BCUT2D eigenvalue weighted by Gasteiger charge is 2.21. The van der Waals surface area contributed by atoms with E-state index < -0.39 is 0 Å². The van der Waals surface area contributed by atoms with Gasteiger partial charge in [0.05, 0.1) is 13.2 Å². The highest BCUT2D eigenvalue weighted by molar-refractivity contribution is 4.66. The van der Waals surface area contributed by atoms with Crippen molar-refractivity contribution in [2.75, 3.05) is 19.8 Å². The molecule has 0 aromatic heterocycles. The molecule has 0 N–H and O–H groups in total. The third-order valence-electron chi connectivity index (χ3n) is 2.35. The molecule has 1 heterocycles. The first-order valence-corrected chi connectivity index (χ1v) is 5.63. The van der Waals surface area contributed by atoms with Crippen LogP contribution in [0.25, 0.3) is 0 Å². The van der Waals surface area contributed by atoms with Gasteiger partial charge in [0, 0.05) is 6.61 Å². The Morgan fingerprint density at radius 1 is 1.15 bits per heavy atom. The first-order chi connectivity index (χ1) is 6.43. The van der Waals surface area contributed by atoms with E-state index in [0.29, 0.717) is 6.10 Å². The van der Waals surface area contributed by atoms with Crippen molar-refractivity contribution < 1.29 is 9.47 Å². The fraction of sp³-hybridized carbons (Fsp3) is 1.00. The Kier molecular flexibility index (Phi) is 6.21. The molecule has 2 heteroatoms. The summed E-state index contributed by atoms with van der Waals surface area (Å²) in [7, 11) is 0. The first-order valence-electron chi connectivity index (χ1n) is 5.63. The van der Waals surface area contributed by atoms with Gasteiger partial charge in [0.2, 0.25) is 0 Å². The molecular weight excluding hydrogens is 164 g/mol. The van der Waals surface area contributed by atoms with E-state index in [1.54, 1.807) is 0 Å². The van der Waals surface area contributed by atoms with Crippen LogP contribution in [0.1, 0.15) is 45.4 Å². The third-order valence-corrected chi connectivity index (χ3v) is 2.35. The van der Waals surface area contributed by atoms with Crippen molar-refractivity contribution in [3.63, 3.8) is 0 Å². The molecule has 1 fully saturated rings. The van der Waals surface area contributed by atoms with Gasteiger partial charge in [-0.15, -0.1) is 0 Å². The first kappa shape index (κ1) is 11.0. The van der Waals surface area contributed by atoms with E-state index in [1.807, 2.05) is 0 Å². The summed E-state index contributed by atoms with van der Waals surface area (Å²) in [6.45, 7) is 4.90. The van der Waals surface area contributed by atoms with E-state index in [-0.39, 0.29) is 0 Å². The van der Waals surface area contributed by atoms with Gasteiger partial charge in [-0.25, -0.2) is 0 Å². The minimum absolute atomic E-state index is 0.431. The summed E-state index contributed by atoms with van der Waals surface area (Å²) in [4.78, 5) is 0. The molecule has 78 valence electrons. The summed E-state index contributed by atoms with van der Waals surface area (Å²) in [5, 5.41) is 0. The summed E-state index contributed by atoms with van der Waals surface area (Å²) in [5.41, 5.74) is 0. The Balaban J connectivity index is 1.63. The second-order valence-electron chi connectivity index (χ2n) is 3.80. The fourth-order valence-electron chi connectivity index (χ4n) is 1.36. The molecule has 0 spiro atoms. The smallest absolute Gasteiger partial charge is 0.104 e. The molecule has 0 radical (unpaired) electrons.